The number of carbonyl (C=O) groups excluding carboxylic acids is 1. The van der Waals surface area contributed by atoms with Crippen LogP contribution >= 0.6 is 0 Å². The van der Waals surface area contributed by atoms with Crippen LogP contribution in [0.25, 0.3) is 5.65 Å². The SMILES string of the molecule is O=C(c1ccoc1)N1CCC(Nc2ccc3nncn3n2)CC1. The molecule has 8 nitrogen and oxygen atoms in total. The van der Waals surface area contributed by atoms with Gasteiger partial charge in [-0.3, -0.25) is 4.79 Å². The lowest BCUT2D eigenvalue weighted by Gasteiger charge is -2.32. The number of furan rings is 1. The Morgan fingerprint density at radius 3 is 2.91 bits per heavy atom. The van der Waals surface area contributed by atoms with Gasteiger partial charge in [0, 0.05) is 19.1 Å². The van der Waals surface area contributed by atoms with Crippen molar-refractivity contribution in [1.82, 2.24) is 24.7 Å². The number of carbonyl (C=O) groups is 1. The molecule has 0 aromatic carbocycles. The van der Waals surface area contributed by atoms with E-state index < -0.39 is 0 Å². The topological polar surface area (TPSA) is 88.6 Å². The smallest absolute Gasteiger partial charge is 0.257 e. The van der Waals surface area contributed by atoms with Crippen LogP contribution in [0.15, 0.2) is 41.5 Å². The lowest BCUT2D eigenvalue weighted by molar-refractivity contribution is 0.0717. The molecular formula is C15H16N6O2. The van der Waals surface area contributed by atoms with E-state index in [1.54, 1.807) is 16.9 Å². The lowest BCUT2D eigenvalue weighted by atomic mass is 10.0. The van der Waals surface area contributed by atoms with Crippen molar-refractivity contribution in [2.45, 2.75) is 18.9 Å². The van der Waals surface area contributed by atoms with Crippen LogP contribution in [0.2, 0.25) is 0 Å². The minimum absolute atomic E-state index is 0.0289. The molecule has 0 radical (unpaired) electrons. The summed E-state index contributed by atoms with van der Waals surface area (Å²) in [6, 6.07) is 5.77. The average Bonchev–Trinajstić information content (AvgIpc) is 3.26. The molecular weight excluding hydrogens is 296 g/mol. The Labute approximate surface area is 132 Å². The molecule has 4 rings (SSSR count). The first kappa shape index (κ1) is 13.7. The van der Waals surface area contributed by atoms with Gasteiger partial charge in [-0.2, -0.15) is 4.52 Å². The molecule has 118 valence electrons. The minimum atomic E-state index is 0.0289. The van der Waals surface area contributed by atoms with Gasteiger partial charge in [0.1, 0.15) is 18.4 Å². The number of hydrogen-bond donors (Lipinski definition) is 1. The quantitative estimate of drug-likeness (QED) is 0.787. The summed E-state index contributed by atoms with van der Waals surface area (Å²) in [6.07, 6.45) is 6.35. The summed E-state index contributed by atoms with van der Waals surface area (Å²) < 4.78 is 6.61. The molecule has 3 aromatic rings. The third-order valence-corrected chi connectivity index (χ3v) is 4.06. The molecule has 0 saturated carbocycles. The van der Waals surface area contributed by atoms with Gasteiger partial charge in [0.15, 0.2) is 5.65 Å². The van der Waals surface area contributed by atoms with Crippen molar-refractivity contribution in [1.29, 1.82) is 0 Å². The van der Waals surface area contributed by atoms with Crippen LogP contribution in [0.3, 0.4) is 0 Å². The van der Waals surface area contributed by atoms with E-state index in [-0.39, 0.29) is 5.91 Å². The first-order valence-electron chi connectivity index (χ1n) is 7.55. The summed E-state index contributed by atoms with van der Waals surface area (Å²) in [5.74, 6) is 0.818. The van der Waals surface area contributed by atoms with Crippen LogP contribution in [0, 0.1) is 0 Å². The number of fused-ring (bicyclic) bond motifs is 1. The minimum Gasteiger partial charge on any atom is -0.472 e. The van der Waals surface area contributed by atoms with Gasteiger partial charge in [0.2, 0.25) is 0 Å². The van der Waals surface area contributed by atoms with Crippen LogP contribution < -0.4 is 5.32 Å². The van der Waals surface area contributed by atoms with E-state index in [1.807, 2.05) is 17.0 Å². The molecule has 0 aliphatic carbocycles. The fourth-order valence-corrected chi connectivity index (χ4v) is 2.81. The second-order valence-electron chi connectivity index (χ2n) is 5.58. The highest BCUT2D eigenvalue weighted by Gasteiger charge is 2.24. The summed E-state index contributed by atoms with van der Waals surface area (Å²) in [4.78, 5) is 14.1. The van der Waals surface area contributed by atoms with Crippen LogP contribution in [-0.4, -0.2) is 49.7 Å². The summed E-state index contributed by atoms with van der Waals surface area (Å²) in [6.45, 7) is 1.44. The third kappa shape index (κ3) is 2.75. The van der Waals surface area contributed by atoms with Crippen molar-refractivity contribution in [2.24, 2.45) is 0 Å². The molecule has 4 heterocycles. The molecule has 1 N–H and O–H groups in total. The summed E-state index contributed by atoms with van der Waals surface area (Å²) in [5, 5.41) is 15.6. The molecule has 8 heteroatoms. The Kier molecular flexibility index (Phi) is 3.41. The second kappa shape index (κ2) is 5.71. The van der Waals surface area contributed by atoms with E-state index in [9.17, 15) is 4.79 Å². The molecule has 1 aliphatic heterocycles. The average molecular weight is 312 g/mol. The van der Waals surface area contributed by atoms with Gasteiger partial charge in [-0.25, -0.2) is 0 Å². The van der Waals surface area contributed by atoms with Gasteiger partial charge in [-0.05, 0) is 31.0 Å². The summed E-state index contributed by atoms with van der Waals surface area (Å²) in [5.41, 5.74) is 1.33. The number of hydrogen-bond acceptors (Lipinski definition) is 6. The second-order valence-corrected chi connectivity index (χ2v) is 5.58. The Hall–Kier alpha value is -2.90. The lowest BCUT2D eigenvalue weighted by Crippen LogP contribution is -2.42. The zero-order valence-corrected chi connectivity index (χ0v) is 12.4. The number of piperidine rings is 1. The first-order valence-corrected chi connectivity index (χ1v) is 7.55. The van der Waals surface area contributed by atoms with Gasteiger partial charge >= 0.3 is 0 Å². The summed E-state index contributed by atoms with van der Waals surface area (Å²) >= 11 is 0. The number of anilines is 1. The van der Waals surface area contributed by atoms with Crippen LogP contribution in [-0.2, 0) is 0 Å². The molecule has 23 heavy (non-hydrogen) atoms. The molecule has 0 bridgehead atoms. The predicted octanol–water partition coefficient (Wildman–Crippen LogP) is 1.43. The Morgan fingerprint density at radius 1 is 1.26 bits per heavy atom. The fourth-order valence-electron chi connectivity index (χ4n) is 2.81. The van der Waals surface area contributed by atoms with E-state index in [1.165, 1.54) is 12.5 Å². The molecule has 1 aliphatic rings. The monoisotopic (exact) mass is 312 g/mol. The number of nitrogens with zero attached hydrogens (tertiary/aromatic N) is 5. The predicted molar refractivity (Wildman–Crippen MR) is 82.0 cm³/mol. The van der Waals surface area contributed by atoms with E-state index in [0.29, 0.717) is 11.6 Å². The number of aromatic nitrogens is 4. The Balaban J connectivity index is 1.37. The van der Waals surface area contributed by atoms with E-state index in [2.05, 4.69) is 20.6 Å². The Bertz CT molecular complexity index is 804. The van der Waals surface area contributed by atoms with Gasteiger partial charge < -0.3 is 14.6 Å². The third-order valence-electron chi connectivity index (χ3n) is 4.06. The van der Waals surface area contributed by atoms with E-state index in [4.69, 9.17) is 4.42 Å². The fraction of sp³-hybridized carbons (Fsp3) is 0.333. The highest BCUT2D eigenvalue weighted by molar-refractivity contribution is 5.93. The van der Waals surface area contributed by atoms with E-state index in [0.717, 1.165) is 37.4 Å². The summed E-state index contributed by atoms with van der Waals surface area (Å²) in [7, 11) is 0. The number of rotatable bonds is 3. The first-order chi connectivity index (χ1) is 11.3. The van der Waals surface area contributed by atoms with Crippen molar-refractivity contribution in [3.8, 4) is 0 Å². The zero-order chi connectivity index (χ0) is 15.6. The maximum absolute atomic E-state index is 12.3. The van der Waals surface area contributed by atoms with Gasteiger partial charge in [-0.1, -0.05) is 0 Å². The van der Waals surface area contributed by atoms with Crippen molar-refractivity contribution in [3.05, 3.63) is 42.6 Å². The highest BCUT2D eigenvalue weighted by atomic mass is 16.3. The molecule has 3 aromatic heterocycles. The Morgan fingerprint density at radius 2 is 2.13 bits per heavy atom. The van der Waals surface area contributed by atoms with Crippen molar-refractivity contribution >= 4 is 17.4 Å². The van der Waals surface area contributed by atoms with Crippen LogP contribution in [0.1, 0.15) is 23.2 Å². The molecule has 0 unspecified atom stereocenters. The van der Waals surface area contributed by atoms with Crippen molar-refractivity contribution in [3.63, 3.8) is 0 Å². The normalized spacial score (nSPS) is 15.9. The van der Waals surface area contributed by atoms with Gasteiger partial charge in [0.25, 0.3) is 5.91 Å². The van der Waals surface area contributed by atoms with E-state index >= 15 is 0 Å². The van der Waals surface area contributed by atoms with Crippen LogP contribution in [0.5, 0.6) is 0 Å². The number of amides is 1. The van der Waals surface area contributed by atoms with Gasteiger partial charge in [-0.15, -0.1) is 15.3 Å². The molecule has 1 amide bonds. The van der Waals surface area contributed by atoms with Gasteiger partial charge in [0.05, 0.1) is 11.8 Å². The maximum Gasteiger partial charge on any atom is 0.257 e. The van der Waals surface area contributed by atoms with Crippen molar-refractivity contribution < 1.29 is 9.21 Å². The number of likely N-dealkylation sites (tertiary alicyclic amines) is 1. The molecule has 0 atom stereocenters. The number of nitrogens with one attached hydrogen (secondary N) is 1. The van der Waals surface area contributed by atoms with Crippen LogP contribution in [0.4, 0.5) is 5.82 Å². The maximum atomic E-state index is 12.3. The largest absolute Gasteiger partial charge is 0.472 e. The standard InChI is InChI=1S/C15H16N6O2/c22-15(11-5-8-23-9-11)20-6-3-12(4-7-20)17-13-1-2-14-18-16-10-21(14)19-13/h1-2,5,8-10,12H,3-4,6-7H2,(H,17,19). The molecule has 0 spiro atoms. The zero-order valence-electron chi connectivity index (χ0n) is 12.4. The van der Waals surface area contributed by atoms with Crippen molar-refractivity contribution in [2.75, 3.05) is 18.4 Å². The molecule has 1 saturated heterocycles. The molecule has 1 fully saturated rings. The highest BCUT2D eigenvalue weighted by Crippen LogP contribution is 2.17.